The number of carbonyl (C=O) groups excluding carboxylic acids is 1. The second-order valence-corrected chi connectivity index (χ2v) is 6.92. The average Bonchev–Trinajstić information content (AvgIpc) is 3.15. The van der Waals surface area contributed by atoms with E-state index >= 15 is 0 Å². The number of ketones is 1. The molecule has 0 aliphatic carbocycles. The first-order valence-electron chi connectivity index (χ1n) is 8.41. The minimum Gasteiger partial charge on any atom is -0.293 e. The molecule has 0 fully saturated rings. The number of nitrogens with one attached hydrogen (secondary N) is 1. The summed E-state index contributed by atoms with van der Waals surface area (Å²) >= 11 is 1.35. The van der Waals surface area contributed by atoms with Crippen LogP contribution in [0.25, 0.3) is 11.4 Å². The number of Topliss-reactive ketones (excluding diaryl/α,β-unsaturated/α-hetero) is 1. The first-order valence-corrected chi connectivity index (χ1v) is 9.39. The molecule has 0 amide bonds. The predicted molar refractivity (Wildman–Crippen MR) is 102 cm³/mol. The first kappa shape index (κ1) is 17.4. The molecule has 128 valence electrons. The number of thioether (sulfide) groups is 1. The van der Waals surface area contributed by atoms with E-state index in [0.717, 1.165) is 17.5 Å². The molecule has 0 radical (unpaired) electrons. The smallest absolute Gasteiger partial charge is 0.209 e. The fourth-order valence-corrected chi connectivity index (χ4v) is 3.18. The third kappa shape index (κ3) is 4.37. The largest absolute Gasteiger partial charge is 0.293 e. The molecule has 4 nitrogen and oxygen atoms in total. The van der Waals surface area contributed by atoms with Crippen molar-refractivity contribution in [1.29, 1.82) is 0 Å². The normalized spacial score (nSPS) is 12.1. The minimum atomic E-state index is 0.0896. The highest BCUT2D eigenvalue weighted by Crippen LogP contribution is 2.22. The van der Waals surface area contributed by atoms with Crippen molar-refractivity contribution in [2.45, 2.75) is 31.3 Å². The summed E-state index contributed by atoms with van der Waals surface area (Å²) in [6, 6.07) is 17.7. The zero-order valence-electron chi connectivity index (χ0n) is 14.4. The molecule has 3 rings (SSSR count). The Hall–Kier alpha value is -2.40. The van der Waals surface area contributed by atoms with Crippen molar-refractivity contribution in [2.24, 2.45) is 0 Å². The number of hydrogen-bond donors (Lipinski definition) is 1. The van der Waals surface area contributed by atoms with E-state index in [9.17, 15) is 4.79 Å². The molecule has 0 spiro atoms. The number of nitrogens with zero attached hydrogens (tertiary/aromatic N) is 2. The number of benzene rings is 2. The number of carbonyl (C=O) groups is 1. The van der Waals surface area contributed by atoms with Gasteiger partial charge in [-0.25, -0.2) is 4.98 Å². The molecule has 1 N–H and O–H groups in total. The standard InChI is InChI=1S/C20H21N3OS/c1-3-14(2)15-9-11-16(12-10-15)18(24)13-25-20-21-19(22-23-20)17-7-5-4-6-8-17/h4-12,14H,3,13H2,1-2H3,(H,21,22,23)/t14-/m0/s1. The zero-order valence-corrected chi connectivity index (χ0v) is 15.2. The lowest BCUT2D eigenvalue weighted by molar-refractivity contribution is 0.102. The summed E-state index contributed by atoms with van der Waals surface area (Å²) in [5.74, 6) is 1.65. The Morgan fingerprint density at radius 1 is 1.12 bits per heavy atom. The molecule has 0 saturated carbocycles. The number of rotatable bonds is 7. The molecule has 1 atom stereocenters. The van der Waals surface area contributed by atoms with E-state index in [0.29, 0.717) is 22.7 Å². The van der Waals surface area contributed by atoms with Gasteiger partial charge in [0.15, 0.2) is 11.6 Å². The molecule has 5 heteroatoms. The molecule has 0 saturated heterocycles. The van der Waals surface area contributed by atoms with Gasteiger partial charge in [0.25, 0.3) is 0 Å². The third-order valence-corrected chi connectivity index (χ3v) is 5.11. The van der Waals surface area contributed by atoms with Crippen LogP contribution < -0.4 is 0 Å². The SMILES string of the molecule is CC[C@H](C)c1ccc(C(=O)CSc2n[nH]c(-c3ccccc3)n2)cc1. The predicted octanol–water partition coefficient (Wildman–Crippen LogP) is 4.96. The van der Waals surface area contributed by atoms with Gasteiger partial charge in [-0.05, 0) is 17.9 Å². The number of hydrogen-bond acceptors (Lipinski definition) is 4. The van der Waals surface area contributed by atoms with Gasteiger partial charge in [-0.2, -0.15) is 0 Å². The van der Waals surface area contributed by atoms with E-state index in [-0.39, 0.29) is 5.78 Å². The highest BCUT2D eigenvalue weighted by atomic mass is 32.2. The van der Waals surface area contributed by atoms with Gasteiger partial charge in [0.05, 0.1) is 5.75 Å². The van der Waals surface area contributed by atoms with Gasteiger partial charge in [0.1, 0.15) is 0 Å². The summed E-state index contributed by atoms with van der Waals surface area (Å²) in [5.41, 5.74) is 2.99. The molecule has 1 heterocycles. The Bertz CT molecular complexity index is 828. The van der Waals surface area contributed by atoms with Gasteiger partial charge >= 0.3 is 0 Å². The maximum atomic E-state index is 12.4. The summed E-state index contributed by atoms with van der Waals surface area (Å²) in [5, 5.41) is 7.69. The van der Waals surface area contributed by atoms with Gasteiger partial charge in [0, 0.05) is 11.1 Å². The summed E-state index contributed by atoms with van der Waals surface area (Å²) in [4.78, 5) is 16.8. The summed E-state index contributed by atoms with van der Waals surface area (Å²) in [6.07, 6.45) is 1.09. The van der Waals surface area contributed by atoms with Crippen LogP contribution in [0.4, 0.5) is 0 Å². The van der Waals surface area contributed by atoms with Gasteiger partial charge in [-0.15, -0.1) is 5.10 Å². The quantitative estimate of drug-likeness (QED) is 0.483. The first-order chi connectivity index (χ1) is 12.2. The fraction of sp³-hybridized carbons (Fsp3) is 0.250. The van der Waals surface area contributed by atoms with Crippen LogP contribution in [0.15, 0.2) is 59.8 Å². The van der Waals surface area contributed by atoms with Crippen molar-refractivity contribution in [3.63, 3.8) is 0 Å². The number of H-pyrrole nitrogens is 1. The maximum Gasteiger partial charge on any atom is 0.209 e. The van der Waals surface area contributed by atoms with Crippen molar-refractivity contribution in [3.05, 3.63) is 65.7 Å². The van der Waals surface area contributed by atoms with Crippen LogP contribution in [0.1, 0.15) is 42.1 Å². The Kier molecular flexibility index (Phi) is 5.66. The van der Waals surface area contributed by atoms with E-state index in [1.54, 1.807) is 0 Å². The Labute approximate surface area is 152 Å². The van der Waals surface area contributed by atoms with Gasteiger partial charge in [-0.3, -0.25) is 9.89 Å². The van der Waals surface area contributed by atoms with Crippen molar-refractivity contribution >= 4 is 17.5 Å². The van der Waals surface area contributed by atoms with E-state index < -0.39 is 0 Å². The lowest BCUT2D eigenvalue weighted by Crippen LogP contribution is -2.03. The summed E-state index contributed by atoms with van der Waals surface area (Å²) in [6.45, 7) is 4.36. The minimum absolute atomic E-state index is 0.0896. The van der Waals surface area contributed by atoms with Crippen LogP contribution in [0.3, 0.4) is 0 Å². The Morgan fingerprint density at radius 3 is 2.52 bits per heavy atom. The zero-order chi connectivity index (χ0) is 17.6. The van der Waals surface area contributed by atoms with Crippen LogP contribution >= 0.6 is 11.8 Å². The van der Waals surface area contributed by atoms with Crippen molar-refractivity contribution in [2.75, 3.05) is 5.75 Å². The van der Waals surface area contributed by atoms with Gasteiger partial charge in [-0.1, -0.05) is 80.2 Å². The highest BCUT2D eigenvalue weighted by molar-refractivity contribution is 7.99. The average molecular weight is 351 g/mol. The van der Waals surface area contributed by atoms with E-state index in [1.807, 2.05) is 54.6 Å². The fourth-order valence-electron chi connectivity index (χ4n) is 2.48. The molecular formula is C20H21N3OS. The molecule has 2 aromatic carbocycles. The highest BCUT2D eigenvalue weighted by Gasteiger charge is 2.11. The van der Waals surface area contributed by atoms with Crippen molar-refractivity contribution in [3.8, 4) is 11.4 Å². The van der Waals surface area contributed by atoms with Crippen LogP contribution in [-0.2, 0) is 0 Å². The molecule has 25 heavy (non-hydrogen) atoms. The molecule has 1 aromatic heterocycles. The monoisotopic (exact) mass is 351 g/mol. The Morgan fingerprint density at radius 2 is 1.84 bits per heavy atom. The number of aromatic amines is 1. The molecule has 0 aliphatic heterocycles. The molecule has 0 aliphatic rings. The van der Waals surface area contributed by atoms with E-state index in [4.69, 9.17) is 0 Å². The van der Waals surface area contributed by atoms with Crippen molar-refractivity contribution < 1.29 is 4.79 Å². The topological polar surface area (TPSA) is 58.6 Å². The second kappa shape index (κ2) is 8.12. The molecule has 3 aromatic rings. The number of aromatic nitrogens is 3. The van der Waals surface area contributed by atoms with Crippen molar-refractivity contribution in [1.82, 2.24) is 15.2 Å². The summed E-state index contributed by atoms with van der Waals surface area (Å²) < 4.78 is 0. The van der Waals surface area contributed by atoms with Crippen LogP contribution in [0.2, 0.25) is 0 Å². The van der Waals surface area contributed by atoms with Crippen LogP contribution in [0.5, 0.6) is 0 Å². The molecule has 0 unspecified atom stereocenters. The van der Waals surface area contributed by atoms with Crippen LogP contribution in [0, 0.1) is 0 Å². The lowest BCUT2D eigenvalue weighted by Gasteiger charge is -2.09. The lowest BCUT2D eigenvalue weighted by atomic mass is 9.97. The van der Waals surface area contributed by atoms with Gasteiger partial charge < -0.3 is 0 Å². The van der Waals surface area contributed by atoms with E-state index in [1.165, 1.54) is 17.3 Å². The van der Waals surface area contributed by atoms with E-state index in [2.05, 4.69) is 29.0 Å². The second-order valence-electron chi connectivity index (χ2n) is 5.98. The summed E-state index contributed by atoms with van der Waals surface area (Å²) in [7, 11) is 0. The molecule has 0 bridgehead atoms. The molecular weight excluding hydrogens is 330 g/mol. The maximum absolute atomic E-state index is 12.4. The van der Waals surface area contributed by atoms with Gasteiger partial charge in [0.2, 0.25) is 5.16 Å². The Balaban J connectivity index is 1.60. The third-order valence-electron chi connectivity index (χ3n) is 4.26. The van der Waals surface area contributed by atoms with Crippen LogP contribution in [-0.4, -0.2) is 26.7 Å².